The predicted octanol–water partition coefficient (Wildman–Crippen LogP) is 7.15. The number of aliphatic hydroxyl groups excluding tert-OH is 1. The molecule has 506 valence electrons. The first-order valence-electron chi connectivity index (χ1n) is 31.6. The monoisotopic (exact) mass is 1300 g/mol. The molecule has 5 aliphatic rings. The lowest BCUT2D eigenvalue weighted by Gasteiger charge is -2.32. The number of benzene rings is 3. The predicted molar refractivity (Wildman–Crippen MR) is 347 cm³/mol. The van der Waals surface area contributed by atoms with Crippen molar-refractivity contribution in [1.82, 2.24) is 30.7 Å². The number of ether oxygens (including phenoxy) is 7. The lowest BCUT2D eigenvalue weighted by molar-refractivity contribution is -0.138. The van der Waals surface area contributed by atoms with Crippen LogP contribution in [0.25, 0.3) is 0 Å². The van der Waals surface area contributed by atoms with Crippen LogP contribution in [0.15, 0.2) is 89.2 Å². The molecule has 0 fully saturated rings. The van der Waals surface area contributed by atoms with Gasteiger partial charge in [0.15, 0.2) is 29.2 Å². The van der Waals surface area contributed by atoms with Crippen molar-refractivity contribution in [3.05, 3.63) is 101 Å². The zero-order valence-electron chi connectivity index (χ0n) is 55.3. The number of rotatable bonds is 31. The molecule has 0 aliphatic carbocycles. The molecule has 26 nitrogen and oxygen atoms in total. The van der Waals surface area contributed by atoms with E-state index in [1.807, 2.05) is 47.7 Å². The van der Waals surface area contributed by atoms with Crippen molar-refractivity contribution >= 4 is 76.6 Å². The van der Waals surface area contributed by atoms with E-state index in [2.05, 4.69) is 26.3 Å². The lowest BCUT2D eigenvalue weighted by Crippen LogP contribution is -2.53. The van der Waals surface area contributed by atoms with Gasteiger partial charge < -0.3 is 69.3 Å². The standard InChI is InChI=1S/C68H87N9O17/c1-40(2)60(73-57(79)22-28-93-68(8,9)39-94-67(6,7)23-24-69-56(78)21-25-74-58(80)19-20-59(74)81)62(83)71-43(5)61(82)72-45-17-15-44(16-18-45)38-92-66(87)77-50-34-55(53(89-11)32-48(50)64(85)76-37-42(4)30-51(76)65(77)86)91-27-14-12-13-26-90-54-33-49-47(31-52(54)88-10)63(84)75-36-41(3)29-46(75)35-70-49/h15-20,31-37,40,43,46,51,60,65,86H,12-14,21-30,38-39H2,1-11H3,(H,69,78)(H,71,83)(H,72,82)(H,73,79). The van der Waals surface area contributed by atoms with E-state index in [1.165, 1.54) is 50.3 Å². The van der Waals surface area contributed by atoms with E-state index in [4.69, 9.17) is 33.2 Å². The topological polar surface area (TPSA) is 312 Å². The molecule has 0 spiro atoms. The average Bonchev–Trinajstić information content (AvgIpc) is 1.58. The molecule has 0 aromatic heterocycles. The van der Waals surface area contributed by atoms with Crippen LogP contribution >= 0.6 is 0 Å². The molecule has 26 heteroatoms. The summed E-state index contributed by atoms with van der Waals surface area (Å²) in [6.45, 7) is 17.0. The minimum absolute atomic E-state index is 0.00836. The van der Waals surface area contributed by atoms with Crippen LogP contribution < -0.4 is 45.1 Å². The van der Waals surface area contributed by atoms with Crippen molar-refractivity contribution < 1.29 is 81.4 Å². The van der Waals surface area contributed by atoms with Crippen molar-refractivity contribution in [1.29, 1.82) is 0 Å². The summed E-state index contributed by atoms with van der Waals surface area (Å²) < 4.78 is 41.6. The summed E-state index contributed by atoms with van der Waals surface area (Å²) in [6.07, 6.45) is 8.48. The van der Waals surface area contributed by atoms with Crippen molar-refractivity contribution in [2.24, 2.45) is 10.9 Å². The van der Waals surface area contributed by atoms with Gasteiger partial charge in [-0.1, -0.05) is 37.1 Å². The van der Waals surface area contributed by atoms with Crippen LogP contribution in [0.4, 0.5) is 21.9 Å². The van der Waals surface area contributed by atoms with Gasteiger partial charge in [-0.25, -0.2) is 9.69 Å². The van der Waals surface area contributed by atoms with E-state index in [0.29, 0.717) is 79.3 Å². The van der Waals surface area contributed by atoms with Crippen LogP contribution in [0.3, 0.4) is 0 Å². The van der Waals surface area contributed by atoms with Gasteiger partial charge in [0.1, 0.15) is 18.7 Å². The molecule has 5 aliphatic heterocycles. The van der Waals surface area contributed by atoms with E-state index in [0.717, 1.165) is 27.4 Å². The molecule has 5 unspecified atom stereocenters. The van der Waals surface area contributed by atoms with Gasteiger partial charge in [-0.3, -0.25) is 48.2 Å². The molecule has 5 N–H and O–H groups in total. The Morgan fingerprint density at radius 2 is 1.33 bits per heavy atom. The number of carbonyl (C=O) groups is 9. The number of fused-ring (bicyclic) bond motifs is 4. The number of carbonyl (C=O) groups excluding carboxylic acids is 9. The number of unbranched alkanes of at least 4 members (excludes halogenated alkanes) is 2. The molecule has 0 saturated heterocycles. The molecule has 5 heterocycles. The van der Waals surface area contributed by atoms with Crippen LogP contribution in [0, 0.1) is 5.92 Å². The Bertz CT molecular complexity index is 3470. The zero-order valence-corrected chi connectivity index (χ0v) is 55.3. The van der Waals surface area contributed by atoms with Crippen LogP contribution in [-0.4, -0.2) is 175 Å². The second-order valence-corrected chi connectivity index (χ2v) is 25.5. The van der Waals surface area contributed by atoms with Gasteiger partial charge in [0.25, 0.3) is 23.6 Å². The van der Waals surface area contributed by atoms with Crippen molar-refractivity contribution in [3.63, 3.8) is 0 Å². The van der Waals surface area contributed by atoms with Crippen molar-refractivity contribution in [2.45, 2.75) is 162 Å². The summed E-state index contributed by atoms with van der Waals surface area (Å²) in [5.74, 6) is -2.35. The van der Waals surface area contributed by atoms with Gasteiger partial charge in [-0.15, -0.1) is 0 Å². The summed E-state index contributed by atoms with van der Waals surface area (Å²) in [5.41, 5.74) is 2.43. The van der Waals surface area contributed by atoms with Gasteiger partial charge in [-0.2, -0.15) is 0 Å². The van der Waals surface area contributed by atoms with E-state index in [-0.39, 0.29) is 92.3 Å². The minimum atomic E-state index is -1.53. The van der Waals surface area contributed by atoms with Crippen molar-refractivity contribution in [3.8, 4) is 23.0 Å². The third kappa shape index (κ3) is 18.0. The zero-order chi connectivity index (χ0) is 68.2. The Balaban J connectivity index is 0.780. The van der Waals surface area contributed by atoms with Gasteiger partial charge in [0, 0.05) is 68.1 Å². The maximum Gasteiger partial charge on any atom is 0.416 e. The maximum atomic E-state index is 14.3. The van der Waals surface area contributed by atoms with Crippen LogP contribution in [0.2, 0.25) is 0 Å². The second-order valence-electron chi connectivity index (χ2n) is 25.5. The quantitative estimate of drug-likeness (QED) is 0.0315. The van der Waals surface area contributed by atoms with Crippen LogP contribution in [0.5, 0.6) is 23.0 Å². The number of amides is 9. The highest BCUT2D eigenvalue weighted by Crippen LogP contribution is 2.43. The molecule has 0 radical (unpaired) electrons. The molecular formula is C68H87N9O17. The number of nitrogens with zero attached hydrogens (tertiary/aromatic N) is 5. The van der Waals surface area contributed by atoms with Crippen LogP contribution in [-0.2, 0) is 49.6 Å². The largest absolute Gasteiger partial charge is 0.493 e. The Morgan fingerprint density at radius 3 is 1.99 bits per heavy atom. The molecule has 94 heavy (non-hydrogen) atoms. The number of aliphatic imine (C=N–C) groups is 1. The Labute approximate surface area is 547 Å². The average molecular weight is 1300 g/mol. The third-order valence-electron chi connectivity index (χ3n) is 16.5. The smallest absolute Gasteiger partial charge is 0.416 e. The van der Waals surface area contributed by atoms with Gasteiger partial charge in [0.2, 0.25) is 23.6 Å². The summed E-state index contributed by atoms with van der Waals surface area (Å²) in [6, 6.07) is 9.85. The Hall–Kier alpha value is -9.14. The van der Waals surface area contributed by atoms with Crippen molar-refractivity contribution in [2.75, 3.05) is 64.0 Å². The first kappa shape index (κ1) is 70.7. The summed E-state index contributed by atoms with van der Waals surface area (Å²) in [5, 5.41) is 23.0. The second kappa shape index (κ2) is 31.2. The Morgan fingerprint density at radius 1 is 0.702 bits per heavy atom. The summed E-state index contributed by atoms with van der Waals surface area (Å²) >= 11 is 0. The fourth-order valence-corrected chi connectivity index (χ4v) is 11.1. The first-order valence-corrected chi connectivity index (χ1v) is 31.6. The molecule has 9 amide bonds. The number of hydrogen-bond acceptors (Lipinski definition) is 18. The van der Waals surface area contributed by atoms with E-state index in [9.17, 15) is 48.3 Å². The Kier molecular flexibility index (Phi) is 23.5. The van der Waals surface area contributed by atoms with Gasteiger partial charge in [0.05, 0.1) is 92.9 Å². The number of aliphatic hydroxyl groups is 1. The van der Waals surface area contributed by atoms with Gasteiger partial charge >= 0.3 is 6.09 Å². The lowest BCUT2D eigenvalue weighted by atomic mass is 10.0. The SMILES string of the molecule is COc1cc2c(cc1OCCCCCOc1cc3c(cc1OC)C(=O)N1C=C(C)CC1C(O)N3C(=O)OCc1ccc(NC(=O)C(C)NC(=O)C(NC(=O)CCOC(C)(C)COC(C)(C)CCNC(=O)CCN3C(=O)C=CC3=O)C(C)C)cc1)N=CC1CC(C)=CN1C2=O. The number of methoxy groups -OCH3 is 2. The van der Waals surface area contributed by atoms with E-state index >= 15 is 0 Å². The highest BCUT2D eigenvalue weighted by molar-refractivity contribution is 6.13. The minimum Gasteiger partial charge on any atom is -0.493 e. The molecule has 0 bridgehead atoms. The van der Waals surface area contributed by atoms with E-state index < -0.39 is 77.1 Å². The molecule has 3 aromatic carbocycles. The normalized spacial score (nSPS) is 18.1. The fraction of sp³-hybridized carbons (Fsp3) is 0.500. The van der Waals surface area contributed by atoms with Gasteiger partial charge in [-0.05, 0) is 123 Å². The highest BCUT2D eigenvalue weighted by atomic mass is 16.6. The van der Waals surface area contributed by atoms with E-state index in [1.54, 1.807) is 67.6 Å². The maximum absolute atomic E-state index is 14.3. The fourth-order valence-electron chi connectivity index (χ4n) is 11.1. The molecule has 5 atom stereocenters. The number of anilines is 2. The number of imide groups is 1. The highest BCUT2D eigenvalue weighted by Gasteiger charge is 2.45. The number of hydrogen-bond donors (Lipinski definition) is 5. The summed E-state index contributed by atoms with van der Waals surface area (Å²) in [7, 11) is 2.96. The molecule has 3 aromatic rings. The number of nitrogens with one attached hydrogen (secondary N) is 4. The molecular weight excluding hydrogens is 1210 g/mol. The summed E-state index contributed by atoms with van der Waals surface area (Å²) in [4.78, 5) is 128. The first-order chi connectivity index (χ1) is 44.7. The molecule has 8 rings (SSSR count). The third-order valence-corrected chi connectivity index (χ3v) is 16.5. The molecule has 0 saturated carbocycles. The van der Waals surface area contributed by atoms with Crippen LogP contribution in [0.1, 0.15) is 140 Å².